The Morgan fingerprint density at radius 2 is 2.44 bits per heavy atom. The van der Waals surface area contributed by atoms with Crippen molar-refractivity contribution in [3.63, 3.8) is 0 Å². The molecule has 2 rings (SSSR count). The summed E-state index contributed by atoms with van der Waals surface area (Å²) in [6.07, 6.45) is 4.51. The van der Waals surface area contributed by atoms with E-state index in [-0.39, 0.29) is 6.42 Å². The third-order valence-electron chi connectivity index (χ3n) is 3.31. The van der Waals surface area contributed by atoms with Crippen LogP contribution in [0.2, 0.25) is 0 Å². The molecule has 0 aromatic carbocycles. The van der Waals surface area contributed by atoms with Crippen molar-refractivity contribution < 1.29 is 14.6 Å². The average molecular weight is 270 g/mol. The van der Waals surface area contributed by atoms with Gasteiger partial charge in [-0.15, -0.1) is 11.3 Å². The lowest BCUT2D eigenvalue weighted by molar-refractivity contribution is -0.138. The maximum absolute atomic E-state index is 10.6. The minimum Gasteiger partial charge on any atom is -0.481 e. The standard InChI is InChI=1S/C12H18N2O3S/c13-11-14-9(8-18-11)12(5-1-2-7-17-12)6-3-4-10(15)16/h8H,1-7H2,(H2,13,14)(H,15,16). The largest absolute Gasteiger partial charge is 0.481 e. The topological polar surface area (TPSA) is 85.4 Å². The number of nitrogens with two attached hydrogens (primary N) is 1. The molecule has 1 aromatic heterocycles. The Morgan fingerprint density at radius 1 is 1.61 bits per heavy atom. The molecule has 1 unspecified atom stereocenters. The Kier molecular flexibility index (Phi) is 4.19. The van der Waals surface area contributed by atoms with Gasteiger partial charge in [-0.05, 0) is 32.1 Å². The highest BCUT2D eigenvalue weighted by Gasteiger charge is 2.37. The number of rotatable bonds is 5. The lowest BCUT2D eigenvalue weighted by Crippen LogP contribution is -2.34. The molecule has 0 spiro atoms. The highest BCUT2D eigenvalue weighted by atomic mass is 32.1. The third-order valence-corrected chi connectivity index (χ3v) is 3.99. The Hall–Kier alpha value is -1.14. The number of thiazole rings is 1. The van der Waals surface area contributed by atoms with Crippen molar-refractivity contribution in [2.24, 2.45) is 0 Å². The van der Waals surface area contributed by atoms with E-state index >= 15 is 0 Å². The van der Waals surface area contributed by atoms with Crippen molar-refractivity contribution in [1.82, 2.24) is 4.98 Å². The van der Waals surface area contributed by atoms with Crippen LogP contribution in [0, 0.1) is 0 Å². The van der Waals surface area contributed by atoms with E-state index in [0.29, 0.717) is 24.6 Å². The van der Waals surface area contributed by atoms with Crippen LogP contribution >= 0.6 is 11.3 Å². The first-order chi connectivity index (χ1) is 8.62. The molecule has 1 atom stereocenters. The van der Waals surface area contributed by atoms with Crippen LogP contribution in [0.15, 0.2) is 5.38 Å². The Balaban J connectivity index is 2.10. The summed E-state index contributed by atoms with van der Waals surface area (Å²) < 4.78 is 5.94. The number of nitrogen functional groups attached to an aromatic ring is 1. The lowest BCUT2D eigenvalue weighted by atomic mass is 9.86. The summed E-state index contributed by atoms with van der Waals surface area (Å²) in [5.41, 5.74) is 6.13. The molecule has 18 heavy (non-hydrogen) atoms. The van der Waals surface area contributed by atoms with E-state index < -0.39 is 11.6 Å². The van der Waals surface area contributed by atoms with E-state index in [0.717, 1.165) is 25.0 Å². The highest BCUT2D eigenvalue weighted by Crippen LogP contribution is 2.40. The van der Waals surface area contributed by atoms with Gasteiger partial charge in [0.1, 0.15) is 5.60 Å². The second-order valence-corrected chi connectivity index (χ2v) is 5.51. The number of carboxylic acids is 1. The summed E-state index contributed by atoms with van der Waals surface area (Å²) in [4.78, 5) is 14.9. The molecule has 0 bridgehead atoms. The molecule has 0 aliphatic carbocycles. The molecule has 3 N–H and O–H groups in total. The highest BCUT2D eigenvalue weighted by molar-refractivity contribution is 7.13. The van der Waals surface area contributed by atoms with Crippen molar-refractivity contribution in [2.45, 2.75) is 44.1 Å². The van der Waals surface area contributed by atoms with Gasteiger partial charge in [0.15, 0.2) is 5.13 Å². The van der Waals surface area contributed by atoms with Crippen LogP contribution in [-0.4, -0.2) is 22.7 Å². The first-order valence-corrected chi connectivity index (χ1v) is 7.08. The maximum atomic E-state index is 10.6. The third kappa shape index (κ3) is 3.00. The van der Waals surface area contributed by atoms with E-state index in [2.05, 4.69) is 4.98 Å². The number of anilines is 1. The number of carboxylic acid groups (broad SMARTS) is 1. The summed E-state index contributed by atoms with van der Waals surface area (Å²) in [6, 6.07) is 0. The van der Waals surface area contributed by atoms with Gasteiger partial charge in [0.25, 0.3) is 0 Å². The minimum atomic E-state index is -0.765. The molecule has 1 fully saturated rings. The van der Waals surface area contributed by atoms with E-state index in [1.54, 1.807) is 0 Å². The van der Waals surface area contributed by atoms with Crippen LogP contribution in [-0.2, 0) is 15.1 Å². The maximum Gasteiger partial charge on any atom is 0.303 e. The SMILES string of the molecule is Nc1nc(C2(CCCC(=O)O)CCCCO2)cs1. The molecular weight excluding hydrogens is 252 g/mol. The summed E-state index contributed by atoms with van der Waals surface area (Å²) in [6.45, 7) is 0.713. The summed E-state index contributed by atoms with van der Waals surface area (Å²) in [5, 5.41) is 11.2. The first kappa shape index (κ1) is 13.3. The van der Waals surface area contributed by atoms with Crippen molar-refractivity contribution >= 4 is 22.4 Å². The van der Waals surface area contributed by atoms with Gasteiger partial charge in [-0.25, -0.2) is 4.98 Å². The van der Waals surface area contributed by atoms with E-state index in [4.69, 9.17) is 15.6 Å². The van der Waals surface area contributed by atoms with Gasteiger partial charge in [0.05, 0.1) is 5.69 Å². The number of aliphatic carboxylic acids is 1. The normalized spacial score (nSPS) is 24.0. The fraction of sp³-hybridized carbons (Fsp3) is 0.667. The van der Waals surface area contributed by atoms with Gasteiger partial charge in [-0.3, -0.25) is 4.79 Å². The summed E-state index contributed by atoms with van der Waals surface area (Å²) in [5.74, 6) is -0.765. The second-order valence-electron chi connectivity index (χ2n) is 4.62. The predicted molar refractivity (Wildman–Crippen MR) is 69.5 cm³/mol. The van der Waals surface area contributed by atoms with Crippen LogP contribution in [0.5, 0.6) is 0 Å². The van der Waals surface area contributed by atoms with Gasteiger partial charge in [-0.1, -0.05) is 0 Å². The van der Waals surface area contributed by atoms with Crippen molar-refractivity contribution in [3.8, 4) is 0 Å². The fourth-order valence-corrected chi connectivity index (χ4v) is 3.05. The number of hydrogen-bond donors (Lipinski definition) is 2. The zero-order valence-electron chi connectivity index (χ0n) is 10.2. The van der Waals surface area contributed by atoms with Gasteiger partial charge in [-0.2, -0.15) is 0 Å². The van der Waals surface area contributed by atoms with E-state index in [1.807, 2.05) is 5.38 Å². The number of carbonyl (C=O) groups is 1. The molecule has 2 heterocycles. The Bertz CT molecular complexity index is 413. The molecule has 1 saturated heterocycles. The summed E-state index contributed by atoms with van der Waals surface area (Å²) >= 11 is 1.41. The molecule has 0 amide bonds. The molecule has 0 saturated carbocycles. The zero-order chi connectivity index (χ0) is 13.0. The van der Waals surface area contributed by atoms with Gasteiger partial charge in [0.2, 0.25) is 0 Å². The van der Waals surface area contributed by atoms with Crippen molar-refractivity contribution in [3.05, 3.63) is 11.1 Å². The molecule has 5 nitrogen and oxygen atoms in total. The lowest BCUT2D eigenvalue weighted by Gasteiger charge is -2.36. The van der Waals surface area contributed by atoms with Crippen molar-refractivity contribution in [1.29, 1.82) is 0 Å². The first-order valence-electron chi connectivity index (χ1n) is 6.20. The number of ether oxygens (including phenoxy) is 1. The van der Waals surface area contributed by atoms with Gasteiger partial charge < -0.3 is 15.6 Å². The van der Waals surface area contributed by atoms with Gasteiger partial charge in [0, 0.05) is 18.4 Å². The van der Waals surface area contributed by atoms with Crippen molar-refractivity contribution in [2.75, 3.05) is 12.3 Å². The number of aromatic nitrogens is 1. The van der Waals surface area contributed by atoms with Crippen LogP contribution in [0.4, 0.5) is 5.13 Å². The quantitative estimate of drug-likeness (QED) is 0.858. The molecule has 1 aliphatic rings. The monoisotopic (exact) mass is 270 g/mol. The van der Waals surface area contributed by atoms with Crippen LogP contribution in [0.3, 0.4) is 0 Å². The van der Waals surface area contributed by atoms with Crippen LogP contribution in [0.1, 0.15) is 44.2 Å². The summed E-state index contributed by atoms with van der Waals surface area (Å²) in [7, 11) is 0. The predicted octanol–water partition coefficient (Wildman–Crippen LogP) is 2.38. The molecule has 0 radical (unpaired) electrons. The molecule has 1 aromatic rings. The van der Waals surface area contributed by atoms with E-state index in [1.165, 1.54) is 11.3 Å². The van der Waals surface area contributed by atoms with Gasteiger partial charge >= 0.3 is 5.97 Å². The molecule has 6 heteroatoms. The average Bonchev–Trinajstić information content (AvgIpc) is 2.77. The number of hydrogen-bond acceptors (Lipinski definition) is 5. The molecular formula is C12H18N2O3S. The second kappa shape index (κ2) is 5.67. The molecule has 1 aliphatic heterocycles. The smallest absolute Gasteiger partial charge is 0.303 e. The minimum absolute atomic E-state index is 0.171. The Morgan fingerprint density at radius 3 is 3.00 bits per heavy atom. The number of nitrogens with zero attached hydrogens (tertiary/aromatic N) is 1. The van der Waals surface area contributed by atoms with Crippen LogP contribution < -0.4 is 5.73 Å². The van der Waals surface area contributed by atoms with Crippen LogP contribution in [0.25, 0.3) is 0 Å². The van der Waals surface area contributed by atoms with E-state index in [9.17, 15) is 4.79 Å². The zero-order valence-corrected chi connectivity index (χ0v) is 11.0. The fourth-order valence-electron chi connectivity index (χ4n) is 2.40. The molecule has 100 valence electrons. The Labute approximate surface area is 110 Å².